The number of hydrogen-bond donors (Lipinski definition) is 1. The molecule has 1 saturated heterocycles. The second-order valence-electron chi connectivity index (χ2n) is 5.86. The third-order valence-corrected chi connectivity index (χ3v) is 5.29. The van der Waals surface area contributed by atoms with E-state index in [0.717, 1.165) is 5.69 Å². The fourth-order valence-corrected chi connectivity index (χ4v) is 2.80. The first-order valence-corrected chi connectivity index (χ1v) is 8.62. The van der Waals surface area contributed by atoms with Crippen molar-refractivity contribution in [3.63, 3.8) is 0 Å². The molecule has 0 saturated carbocycles. The lowest BCUT2D eigenvalue weighted by Gasteiger charge is -2.21. The quantitative estimate of drug-likeness (QED) is 0.775. The van der Waals surface area contributed by atoms with Crippen LogP contribution in [0.15, 0.2) is 35.9 Å². The summed E-state index contributed by atoms with van der Waals surface area (Å²) in [5, 5.41) is 14.6. The summed E-state index contributed by atoms with van der Waals surface area (Å²) in [6.45, 7) is 11.7. The maximum Gasteiger partial charge on any atom is 0.329 e. The van der Waals surface area contributed by atoms with Crippen LogP contribution in [-0.4, -0.2) is 46.3 Å². The van der Waals surface area contributed by atoms with Gasteiger partial charge in [-0.25, -0.2) is 9.69 Å². The van der Waals surface area contributed by atoms with E-state index < -0.39 is 6.23 Å². The van der Waals surface area contributed by atoms with Crippen LogP contribution in [0.25, 0.3) is 0 Å². The van der Waals surface area contributed by atoms with Crippen LogP contribution >= 0.6 is 11.8 Å². The molecule has 0 bridgehead atoms. The highest BCUT2D eigenvalue weighted by molar-refractivity contribution is 7.99. The number of carbonyl (C=O) groups is 1. The van der Waals surface area contributed by atoms with Gasteiger partial charge in [-0.2, -0.15) is 11.8 Å². The highest BCUT2D eigenvalue weighted by atomic mass is 32.2. The van der Waals surface area contributed by atoms with Crippen LogP contribution in [0, 0.1) is 0 Å². The lowest BCUT2D eigenvalue weighted by Crippen LogP contribution is -2.36. The lowest BCUT2D eigenvalue weighted by atomic mass is 10.1. The van der Waals surface area contributed by atoms with Gasteiger partial charge >= 0.3 is 6.03 Å². The molecule has 1 N–H and O–H groups in total. The molecule has 2 unspecified atom stereocenters. The van der Waals surface area contributed by atoms with E-state index in [-0.39, 0.29) is 22.7 Å². The van der Waals surface area contributed by atoms with Crippen LogP contribution in [0.5, 0.6) is 0 Å². The van der Waals surface area contributed by atoms with Crippen LogP contribution in [-0.2, 0) is 4.75 Å². The summed E-state index contributed by atoms with van der Waals surface area (Å²) in [6, 6.07) is 0.994. The molecule has 23 heavy (non-hydrogen) atoms. The average Bonchev–Trinajstić information content (AvgIpc) is 3.08. The fraction of sp³-hybridized carbons (Fsp3) is 0.500. The molecule has 126 valence electrons. The molecule has 1 aliphatic rings. The van der Waals surface area contributed by atoms with Crippen molar-refractivity contribution in [2.45, 2.75) is 37.3 Å². The lowest BCUT2D eigenvalue weighted by molar-refractivity contribution is 0.122. The molecule has 1 aromatic heterocycles. The van der Waals surface area contributed by atoms with Crippen molar-refractivity contribution < 1.29 is 14.4 Å². The molecule has 0 radical (unpaired) electrons. The predicted octanol–water partition coefficient (Wildman–Crippen LogP) is 2.96. The van der Waals surface area contributed by atoms with Gasteiger partial charge in [0.05, 0.1) is 10.8 Å². The number of nitrogens with zero attached hydrogens (tertiary/aromatic N) is 3. The summed E-state index contributed by atoms with van der Waals surface area (Å²) in [7, 11) is 0. The first-order chi connectivity index (χ1) is 10.9. The molecule has 0 aliphatic carbocycles. The molecule has 1 aliphatic heterocycles. The van der Waals surface area contributed by atoms with E-state index in [1.54, 1.807) is 34.9 Å². The summed E-state index contributed by atoms with van der Waals surface area (Å²) in [5.74, 6) is 0.250. The largest absolute Gasteiger partial charge is 0.371 e. The van der Waals surface area contributed by atoms with Crippen LogP contribution in [0.2, 0.25) is 0 Å². The van der Waals surface area contributed by atoms with Crippen molar-refractivity contribution in [2.75, 3.05) is 17.7 Å². The molecule has 6 nitrogen and oxygen atoms in total. The number of thioether (sulfide) groups is 1. The minimum absolute atomic E-state index is 0.239. The molecular weight excluding hydrogens is 314 g/mol. The van der Waals surface area contributed by atoms with E-state index >= 15 is 0 Å². The Morgan fingerprint density at radius 3 is 2.74 bits per heavy atom. The fourth-order valence-electron chi connectivity index (χ4n) is 2.49. The van der Waals surface area contributed by atoms with Gasteiger partial charge in [0.25, 0.3) is 0 Å². The first-order valence-electron chi connectivity index (χ1n) is 7.39. The van der Waals surface area contributed by atoms with Crippen molar-refractivity contribution in [3.05, 3.63) is 37.1 Å². The van der Waals surface area contributed by atoms with Crippen molar-refractivity contribution in [1.29, 1.82) is 0 Å². The number of hydrogen-bond acceptors (Lipinski definition) is 5. The van der Waals surface area contributed by atoms with E-state index in [1.165, 1.54) is 4.90 Å². The zero-order valence-corrected chi connectivity index (χ0v) is 14.5. The van der Waals surface area contributed by atoms with Crippen LogP contribution in [0.1, 0.15) is 26.0 Å². The van der Waals surface area contributed by atoms with Crippen LogP contribution in [0.4, 0.5) is 10.7 Å². The Hall–Kier alpha value is -1.73. The second kappa shape index (κ2) is 6.80. The number of rotatable bonds is 7. The minimum atomic E-state index is -1.02. The Morgan fingerprint density at radius 1 is 1.48 bits per heavy atom. The molecule has 2 rings (SSSR count). The first kappa shape index (κ1) is 17.6. The van der Waals surface area contributed by atoms with E-state index in [2.05, 4.69) is 18.3 Å². The van der Waals surface area contributed by atoms with Gasteiger partial charge in [-0.05, 0) is 26.5 Å². The third-order valence-electron chi connectivity index (χ3n) is 4.06. The topological polar surface area (TPSA) is 69.8 Å². The van der Waals surface area contributed by atoms with Gasteiger partial charge in [0, 0.05) is 12.6 Å². The Labute approximate surface area is 140 Å². The highest BCUT2D eigenvalue weighted by Gasteiger charge is 2.46. The second-order valence-corrected chi connectivity index (χ2v) is 7.29. The number of aromatic nitrogens is 1. The smallest absolute Gasteiger partial charge is 0.329 e. The monoisotopic (exact) mass is 337 g/mol. The maximum absolute atomic E-state index is 12.6. The van der Waals surface area contributed by atoms with Crippen molar-refractivity contribution >= 4 is 23.7 Å². The number of aliphatic hydroxyl groups is 1. The summed E-state index contributed by atoms with van der Waals surface area (Å²) in [5.41, 5.74) is 0.724. The number of urea groups is 1. The summed E-state index contributed by atoms with van der Waals surface area (Å²) in [6.07, 6.45) is 4.76. The molecule has 1 aromatic rings. The van der Waals surface area contributed by atoms with Crippen molar-refractivity contribution in [2.24, 2.45) is 0 Å². The van der Waals surface area contributed by atoms with Gasteiger partial charge in [-0.15, -0.1) is 13.2 Å². The SMILES string of the molecule is C=CCC1C(O)N(c2cc(C(C)(C)SC)no2)C(=O)N1CC=C. The normalized spacial score (nSPS) is 21.8. The van der Waals surface area contributed by atoms with Crippen LogP contribution in [0.3, 0.4) is 0 Å². The molecule has 2 heterocycles. The molecule has 2 amide bonds. The van der Waals surface area contributed by atoms with Gasteiger partial charge in [-0.3, -0.25) is 0 Å². The summed E-state index contributed by atoms with van der Waals surface area (Å²) < 4.78 is 5.09. The summed E-state index contributed by atoms with van der Waals surface area (Å²) in [4.78, 5) is 15.4. The molecule has 0 spiro atoms. The standard InChI is InChI=1S/C16H23N3O3S/c1-6-8-11-14(20)19(15(21)18(11)9-7-2)13-10-12(17-22-13)16(3,4)23-5/h6-7,10-11,14,20H,1-2,8-9H2,3-5H3. The van der Waals surface area contributed by atoms with Gasteiger partial charge in [-0.1, -0.05) is 17.3 Å². The molecule has 1 fully saturated rings. The zero-order chi connectivity index (χ0) is 17.2. The zero-order valence-electron chi connectivity index (χ0n) is 13.7. The van der Waals surface area contributed by atoms with Gasteiger partial charge < -0.3 is 14.5 Å². The Balaban J connectivity index is 2.33. The summed E-state index contributed by atoms with van der Waals surface area (Å²) >= 11 is 1.63. The third kappa shape index (κ3) is 3.16. The Bertz CT molecular complexity index is 599. The average molecular weight is 337 g/mol. The Morgan fingerprint density at radius 2 is 2.17 bits per heavy atom. The number of anilines is 1. The molecule has 2 atom stereocenters. The van der Waals surface area contributed by atoms with E-state index in [4.69, 9.17) is 4.52 Å². The predicted molar refractivity (Wildman–Crippen MR) is 92.4 cm³/mol. The Kier molecular flexibility index (Phi) is 5.21. The van der Waals surface area contributed by atoms with E-state index in [0.29, 0.717) is 13.0 Å². The number of carbonyl (C=O) groups excluding carboxylic acids is 1. The van der Waals surface area contributed by atoms with Crippen LogP contribution < -0.4 is 4.90 Å². The molecular formula is C16H23N3O3S. The van der Waals surface area contributed by atoms with Gasteiger partial charge in [0.1, 0.15) is 5.69 Å². The van der Waals surface area contributed by atoms with Crippen molar-refractivity contribution in [3.8, 4) is 0 Å². The highest BCUT2D eigenvalue weighted by Crippen LogP contribution is 2.37. The van der Waals surface area contributed by atoms with E-state index in [9.17, 15) is 9.90 Å². The minimum Gasteiger partial charge on any atom is -0.371 e. The van der Waals surface area contributed by atoms with E-state index in [1.807, 2.05) is 20.1 Å². The number of aliphatic hydroxyl groups excluding tert-OH is 1. The van der Waals surface area contributed by atoms with Crippen molar-refractivity contribution in [1.82, 2.24) is 10.1 Å². The number of amides is 2. The van der Waals surface area contributed by atoms with Gasteiger partial charge in [0.2, 0.25) is 5.88 Å². The van der Waals surface area contributed by atoms with Gasteiger partial charge in [0.15, 0.2) is 6.23 Å². The maximum atomic E-state index is 12.6. The molecule has 7 heteroatoms. The molecule has 0 aromatic carbocycles.